The Kier molecular flexibility index (Phi) is 3.29. The molecule has 1 aliphatic heterocycles. The summed E-state index contributed by atoms with van der Waals surface area (Å²) in [5.74, 6) is -0.528. The van der Waals surface area contributed by atoms with Crippen LogP contribution >= 0.6 is 0 Å². The molecule has 3 rings (SSSR count). The molecular weight excluding hydrogens is 292 g/mol. The lowest BCUT2D eigenvalue weighted by Crippen LogP contribution is -2.38. The molecule has 0 unspecified atom stereocenters. The molecular formula is C14H14N2O4S. The number of aromatic amines is 1. The molecule has 0 radical (unpaired) electrons. The van der Waals surface area contributed by atoms with Crippen molar-refractivity contribution < 1.29 is 13.2 Å². The zero-order chi connectivity index (χ0) is 15.0. The summed E-state index contributed by atoms with van der Waals surface area (Å²) in [6.07, 6.45) is 0.388. The number of pyridine rings is 1. The third-order valence-electron chi connectivity index (χ3n) is 3.57. The van der Waals surface area contributed by atoms with Crippen LogP contribution in [0.5, 0.6) is 0 Å². The number of hydrogen-bond donors (Lipinski definition) is 2. The van der Waals surface area contributed by atoms with Crippen LogP contribution < -0.4 is 10.9 Å². The first-order valence-electron chi connectivity index (χ1n) is 6.58. The van der Waals surface area contributed by atoms with Gasteiger partial charge in [0.25, 0.3) is 11.5 Å². The van der Waals surface area contributed by atoms with E-state index in [0.717, 1.165) is 5.39 Å². The van der Waals surface area contributed by atoms with Gasteiger partial charge in [0, 0.05) is 11.6 Å². The first-order chi connectivity index (χ1) is 9.94. The highest BCUT2D eigenvalue weighted by atomic mass is 32.2. The average molecular weight is 306 g/mol. The molecule has 7 heteroatoms. The van der Waals surface area contributed by atoms with Crippen molar-refractivity contribution in [1.29, 1.82) is 0 Å². The predicted octanol–water partition coefficient (Wildman–Crippen LogP) is 0.445. The first-order valence-corrected chi connectivity index (χ1v) is 8.40. The summed E-state index contributed by atoms with van der Waals surface area (Å²) in [6.45, 7) is 0. The summed E-state index contributed by atoms with van der Waals surface area (Å²) < 4.78 is 22.8. The molecule has 21 heavy (non-hydrogen) atoms. The van der Waals surface area contributed by atoms with Gasteiger partial charge >= 0.3 is 0 Å². The highest BCUT2D eigenvalue weighted by Gasteiger charge is 2.29. The Labute approximate surface area is 121 Å². The molecule has 1 aromatic carbocycles. The van der Waals surface area contributed by atoms with Crippen LogP contribution in [0.4, 0.5) is 0 Å². The largest absolute Gasteiger partial charge is 0.348 e. The smallest absolute Gasteiger partial charge is 0.261 e. The minimum Gasteiger partial charge on any atom is -0.348 e. The number of carbonyl (C=O) groups is 1. The number of carbonyl (C=O) groups excluding carboxylic acids is 1. The van der Waals surface area contributed by atoms with Crippen LogP contribution in [0.25, 0.3) is 10.9 Å². The number of sulfone groups is 1. The van der Waals surface area contributed by atoms with Gasteiger partial charge in [0.2, 0.25) is 0 Å². The van der Waals surface area contributed by atoms with Gasteiger partial charge in [0.05, 0.1) is 11.5 Å². The minimum absolute atomic E-state index is 0.00185. The fourth-order valence-electron chi connectivity index (χ4n) is 2.49. The van der Waals surface area contributed by atoms with Gasteiger partial charge in [-0.3, -0.25) is 9.59 Å². The number of benzene rings is 1. The van der Waals surface area contributed by atoms with Gasteiger partial charge in [0.15, 0.2) is 9.84 Å². The van der Waals surface area contributed by atoms with Crippen molar-refractivity contribution >= 4 is 26.6 Å². The topological polar surface area (TPSA) is 96.1 Å². The Morgan fingerprint density at radius 1 is 1.29 bits per heavy atom. The summed E-state index contributed by atoms with van der Waals surface area (Å²) in [5.41, 5.74) is 0.174. The van der Waals surface area contributed by atoms with Gasteiger partial charge in [-0.05, 0) is 23.9 Å². The number of H-pyrrole nitrogens is 1. The van der Waals surface area contributed by atoms with E-state index in [4.69, 9.17) is 0 Å². The number of nitrogens with one attached hydrogen (secondary N) is 2. The Morgan fingerprint density at radius 2 is 2.05 bits per heavy atom. The SMILES string of the molecule is O=C(N[C@@H]1CCS(=O)(=O)C1)c1cc2ccccc2[nH]c1=O. The molecule has 2 heterocycles. The molecule has 0 spiro atoms. The molecule has 1 amide bonds. The van der Waals surface area contributed by atoms with Crippen LogP contribution in [0.15, 0.2) is 35.1 Å². The van der Waals surface area contributed by atoms with Crippen LogP contribution in [-0.2, 0) is 9.84 Å². The van der Waals surface area contributed by atoms with Crippen LogP contribution in [0.2, 0.25) is 0 Å². The number of fused-ring (bicyclic) bond motifs is 1. The fraction of sp³-hybridized carbons (Fsp3) is 0.286. The Balaban J connectivity index is 1.88. The van der Waals surface area contributed by atoms with E-state index in [1.807, 2.05) is 6.07 Å². The number of amides is 1. The maximum absolute atomic E-state index is 12.2. The molecule has 0 aliphatic carbocycles. The highest BCUT2D eigenvalue weighted by Crippen LogP contribution is 2.13. The molecule has 2 N–H and O–H groups in total. The third kappa shape index (κ3) is 2.82. The quantitative estimate of drug-likeness (QED) is 0.841. The molecule has 1 fully saturated rings. The van der Waals surface area contributed by atoms with Crippen molar-refractivity contribution in [2.45, 2.75) is 12.5 Å². The summed E-state index contributed by atoms with van der Waals surface area (Å²) in [5, 5.41) is 3.37. The maximum Gasteiger partial charge on any atom is 0.261 e. The van der Waals surface area contributed by atoms with Crippen LogP contribution in [0.1, 0.15) is 16.8 Å². The first kappa shape index (κ1) is 13.8. The number of para-hydroxylation sites is 1. The van der Waals surface area contributed by atoms with Crippen LogP contribution in [-0.4, -0.2) is 36.9 Å². The van der Waals surface area contributed by atoms with Crippen LogP contribution in [0.3, 0.4) is 0 Å². The summed E-state index contributed by atoms with van der Waals surface area (Å²) in [4.78, 5) is 26.7. The van der Waals surface area contributed by atoms with Crippen LogP contribution in [0, 0.1) is 0 Å². The summed E-state index contributed by atoms with van der Waals surface area (Å²) >= 11 is 0. The van der Waals surface area contributed by atoms with Crippen molar-refractivity contribution in [3.05, 3.63) is 46.2 Å². The number of aromatic nitrogens is 1. The molecule has 2 aromatic rings. The molecule has 1 aliphatic rings. The normalized spacial score (nSPS) is 20.5. The third-order valence-corrected chi connectivity index (χ3v) is 5.33. The van der Waals surface area contributed by atoms with Gasteiger partial charge in [-0.2, -0.15) is 0 Å². The Hall–Kier alpha value is -2.15. The standard InChI is InChI=1S/C14H14N2O4S/c17-13(15-10-5-6-21(19,20)8-10)11-7-9-3-1-2-4-12(9)16-14(11)18/h1-4,7,10H,5-6,8H2,(H,15,17)(H,16,18)/t10-/m1/s1. The molecule has 0 saturated carbocycles. The summed E-state index contributed by atoms with van der Waals surface area (Å²) in [7, 11) is -3.07. The molecule has 110 valence electrons. The van der Waals surface area contributed by atoms with E-state index < -0.39 is 27.3 Å². The van der Waals surface area contributed by atoms with Gasteiger partial charge < -0.3 is 10.3 Å². The molecule has 0 bridgehead atoms. The lowest BCUT2D eigenvalue weighted by molar-refractivity contribution is 0.0940. The Morgan fingerprint density at radius 3 is 2.76 bits per heavy atom. The van der Waals surface area contributed by atoms with E-state index in [9.17, 15) is 18.0 Å². The van der Waals surface area contributed by atoms with E-state index in [-0.39, 0.29) is 17.1 Å². The molecule has 6 nitrogen and oxygen atoms in total. The van der Waals surface area contributed by atoms with E-state index in [1.54, 1.807) is 18.2 Å². The number of hydrogen-bond acceptors (Lipinski definition) is 4. The van der Waals surface area contributed by atoms with Crippen molar-refractivity contribution in [2.75, 3.05) is 11.5 Å². The highest BCUT2D eigenvalue weighted by molar-refractivity contribution is 7.91. The zero-order valence-corrected chi connectivity index (χ0v) is 11.9. The molecule has 1 atom stereocenters. The predicted molar refractivity (Wildman–Crippen MR) is 79.1 cm³/mol. The second kappa shape index (κ2) is 5.00. The Bertz CT molecular complexity index is 870. The molecule has 1 saturated heterocycles. The van der Waals surface area contributed by atoms with Gasteiger partial charge in [-0.1, -0.05) is 18.2 Å². The van der Waals surface area contributed by atoms with E-state index in [0.29, 0.717) is 11.9 Å². The van der Waals surface area contributed by atoms with Gasteiger partial charge in [0.1, 0.15) is 5.56 Å². The van der Waals surface area contributed by atoms with Crippen molar-refractivity contribution in [3.63, 3.8) is 0 Å². The van der Waals surface area contributed by atoms with Gasteiger partial charge in [-0.25, -0.2) is 8.42 Å². The van der Waals surface area contributed by atoms with E-state index in [1.165, 1.54) is 6.07 Å². The number of rotatable bonds is 2. The fourth-order valence-corrected chi connectivity index (χ4v) is 4.16. The zero-order valence-electron chi connectivity index (χ0n) is 11.1. The van der Waals surface area contributed by atoms with E-state index >= 15 is 0 Å². The van der Waals surface area contributed by atoms with E-state index in [2.05, 4.69) is 10.3 Å². The summed E-state index contributed by atoms with van der Waals surface area (Å²) in [6, 6.07) is 8.25. The monoisotopic (exact) mass is 306 g/mol. The second-order valence-electron chi connectivity index (χ2n) is 5.17. The lowest BCUT2D eigenvalue weighted by Gasteiger charge is -2.10. The molecule has 1 aromatic heterocycles. The van der Waals surface area contributed by atoms with Crippen molar-refractivity contribution in [1.82, 2.24) is 10.3 Å². The minimum atomic E-state index is -3.07. The maximum atomic E-state index is 12.2. The van der Waals surface area contributed by atoms with Crippen molar-refractivity contribution in [3.8, 4) is 0 Å². The second-order valence-corrected chi connectivity index (χ2v) is 7.40. The van der Waals surface area contributed by atoms with Crippen molar-refractivity contribution in [2.24, 2.45) is 0 Å². The average Bonchev–Trinajstić information content (AvgIpc) is 2.77. The van der Waals surface area contributed by atoms with Gasteiger partial charge in [-0.15, -0.1) is 0 Å². The lowest BCUT2D eigenvalue weighted by atomic mass is 10.1.